The Bertz CT molecular complexity index is 661. The molecule has 1 aliphatic heterocycles. The monoisotopic (exact) mass is 322 g/mol. The van der Waals surface area contributed by atoms with E-state index in [1.807, 2.05) is 19.2 Å². The van der Waals surface area contributed by atoms with E-state index >= 15 is 0 Å². The van der Waals surface area contributed by atoms with E-state index in [1.165, 1.54) is 5.56 Å². The predicted octanol–water partition coefficient (Wildman–Crippen LogP) is 1.92. The highest BCUT2D eigenvalue weighted by Gasteiger charge is 2.21. The maximum absolute atomic E-state index is 12.2. The fraction of sp³-hybridized carbons (Fsp3) is 0.500. The third kappa shape index (κ3) is 3.25. The van der Waals surface area contributed by atoms with Crippen molar-refractivity contribution in [3.05, 3.63) is 29.6 Å². The van der Waals surface area contributed by atoms with Crippen LogP contribution < -0.4 is 10.6 Å². The molecule has 0 aliphatic carbocycles. The third-order valence-electron chi connectivity index (χ3n) is 4.32. The Morgan fingerprint density at radius 2 is 2.14 bits per heavy atom. The molecule has 0 radical (unpaired) electrons. The molecular weight excluding hydrogens is 300 g/mol. The van der Waals surface area contributed by atoms with E-state index < -0.39 is 0 Å². The maximum atomic E-state index is 12.2. The minimum absolute atomic E-state index is 0. The van der Waals surface area contributed by atoms with E-state index in [9.17, 15) is 4.79 Å². The summed E-state index contributed by atoms with van der Waals surface area (Å²) in [5.41, 5.74) is 3.34. The van der Waals surface area contributed by atoms with Crippen LogP contribution in [0.15, 0.2) is 18.2 Å². The van der Waals surface area contributed by atoms with Gasteiger partial charge in [0.25, 0.3) is 0 Å². The van der Waals surface area contributed by atoms with E-state index in [1.54, 1.807) is 0 Å². The van der Waals surface area contributed by atoms with Crippen LogP contribution in [0.2, 0.25) is 0 Å². The molecule has 1 aromatic carbocycles. The zero-order chi connectivity index (χ0) is 14.8. The van der Waals surface area contributed by atoms with Crippen molar-refractivity contribution in [2.24, 2.45) is 13.0 Å². The minimum Gasteiger partial charge on any atom is -0.349 e. The van der Waals surface area contributed by atoms with Crippen LogP contribution in [0.5, 0.6) is 0 Å². The van der Waals surface area contributed by atoms with Crippen molar-refractivity contribution in [3.8, 4) is 0 Å². The average molecular weight is 323 g/mol. The second-order valence-electron chi connectivity index (χ2n) is 5.77. The molecule has 1 saturated heterocycles. The standard InChI is InChI=1S/C16H22N4O.ClH/c1-11-4-3-5-13-15(11)20(2)14(19-13)10-18-16(21)12-6-8-17-9-7-12;/h3-5,12,17H,6-10H2,1-2H3,(H,18,21);1H. The highest BCUT2D eigenvalue weighted by Crippen LogP contribution is 2.19. The van der Waals surface area contributed by atoms with Gasteiger partial charge in [-0.25, -0.2) is 4.98 Å². The lowest BCUT2D eigenvalue weighted by atomic mass is 9.97. The summed E-state index contributed by atoms with van der Waals surface area (Å²) >= 11 is 0. The molecular formula is C16H23ClN4O. The number of piperidine rings is 1. The van der Waals surface area contributed by atoms with Crippen LogP contribution in [0.3, 0.4) is 0 Å². The summed E-state index contributed by atoms with van der Waals surface area (Å²) in [6.45, 7) is 4.45. The third-order valence-corrected chi connectivity index (χ3v) is 4.32. The van der Waals surface area contributed by atoms with Gasteiger partial charge in [0, 0.05) is 13.0 Å². The molecule has 5 nitrogen and oxygen atoms in total. The van der Waals surface area contributed by atoms with Crippen molar-refractivity contribution in [2.75, 3.05) is 13.1 Å². The van der Waals surface area contributed by atoms with E-state index in [0.29, 0.717) is 6.54 Å². The Kier molecular flexibility index (Phi) is 5.42. The molecule has 22 heavy (non-hydrogen) atoms. The molecule has 2 heterocycles. The van der Waals surface area contributed by atoms with Crippen molar-refractivity contribution < 1.29 is 4.79 Å². The minimum atomic E-state index is 0. The van der Waals surface area contributed by atoms with Gasteiger partial charge < -0.3 is 15.2 Å². The number of hydrogen-bond donors (Lipinski definition) is 2. The summed E-state index contributed by atoms with van der Waals surface area (Å²) < 4.78 is 2.08. The van der Waals surface area contributed by atoms with E-state index in [-0.39, 0.29) is 24.2 Å². The van der Waals surface area contributed by atoms with Crippen molar-refractivity contribution in [1.82, 2.24) is 20.2 Å². The second-order valence-corrected chi connectivity index (χ2v) is 5.77. The number of fused-ring (bicyclic) bond motifs is 1. The van der Waals surface area contributed by atoms with Gasteiger partial charge in [-0.2, -0.15) is 0 Å². The molecule has 1 aliphatic rings. The first-order valence-corrected chi connectivity index (χ1v) is 7.56. The Morgan fingerprint density at radius 1 is 1.41 bits per heavy atom. The molecule has 1 amide bonds. The number of carbonyl (C=O) groups is 1. The first kappa shape index (κ1) is 16.8. The number of para-hydroxylation sites is 1. The Labute approximate surface area is 136 Å². The van der Waals surface area contributed by atoms with E-state index in [2.05, 4.69) is 33.2 Å². The molecule has 1 fully saturated rings. The second kappa shape index (κ2) is 7.11. The number of halogens is 1. The van der Waals surface area contributed by atoms with Crippen molar-refractivity contribution in [1.29, 1.82) is 0 Å². The van der Waals surface area contributed by atoms with Crippen molar-refractivity contribution in [2.45, 2.75) is 26.3 Å². The van der Waals surface area contributed by atoms with Gasteiger partial charge in [-0.15, -0.1) is 12.4 Å². The van der Waals surface area contributed by atoms with Crippen LogP contribution in [0.4, 0.5) is 0 Å². The number of nitrogens with zero attached hydrogens (tertiary/aromatic N) is 2. The first-order chi connectivity index (χ1) is 10.2. The van der Waals surface area contributed by atoms with Crippen LogP contribution in [-0.4, -0.2) is 28.5 Å². The van der Waals surface area contributed by atoms with Gasteiger partial charge >= 0.3 is 0 Å². The number of carbonyl (C=O) groups excluding carboxylic acids is 1. The highest BCUT2D eigenvalue weighted by molar-refractivity contribution is 5.85. The Balaban J connectivity index is 0.00000176. The summed E-state index contributed by atoms with van der Waals surface area (Å²) in [6.07, 6.45) is 1.85. The zero-order valence-electron chi connectivity index (χ0n) is 13.1. The fourth-order valence-corrected chi connectivity index (χ4v) is 3.07. The van der Waals surface area contributed by atoms with Gasteiger partial charge in [0.15, 0.2) is 0 Å². The molecule has 0 unspecified atom stereocenters. The zero-order valence-corrected chi connectivity index (χ0v) is 13.9. The highest BCUT2D eigenvalue weighted by atomic mass is 35.5. The van der Waals surface area contributed by atoms with Gasteiger partial charge in [-0.3, -0.25) is 4.79 Å². The summed E-state index contributed by atoms with van der Waals surface area (Å²) in [4.78, 5) is 16.8. The number of hydrogen-bond acceptors (Lipinski definition) is 3. The van der Waals surface area contributed by atoms with E-state index in [4.69, 9.17) is 0 Å². The number of nitrogens with one attached hydrogen (secondary N) is 2. The van der Waals surface area contributed by atoms with Crippen molar-refractivity contribution >= 4 is 29.3 Å². The molecule has 1 aromatic heterocycles. The lowest BCUT2D eigenvalue weighted by Crippen LogP contribution is -2.38. The quantitative estimate of drug-likeness (QED) is 0.907. The van der Waals surface area contributed by atoms with Gasteiger partial charge in [-0.05, 0) is 44.5 Å². The van der Waals surface area contributed by atoms with Crippen LogP contribution in [-0.2, 0) is 18.4 Å². The molecule has 0 bridgehead atoms. The largest absolute Gasteiger partial charge is 0.349 e. The number of amides is 1. The van der Waals surface area contributed by atoms with Crippen LogP contribution in [0.1, 0.15) is 24.2 Å². The molecule has 6 heteroatoms. The van der Waals surface area contributed by atoms with Crippen LogP contribution >= 0.6 is 12.4 Å². The van der Waals surface area contributed by atoms with Crippen LogP contribution in [0.25, 0.3) is 11.0 Å². The summed E-state index contributed by atoms with van der Waals surface area (Å²) in [6, 6.07) is 6.11. The first-order valence-electron chi connectivity index (χ1n) is 7.56. The summed E-state index contributed by atoms with van der Waals surface area (Å²) in [5, 5.41) is 6.32. The molecule has 3 rings (SSSR count). The van der Waals surface area contributed by atoms with Crippen LogP contribution in [0, 0.1) is 12.8 Å². The lowest BCUT2D eigenvalue weighted by Gasteiger charge is -2.21. The molecule has 0 spiro atoms. The SMILES string of the molecule is Cc1cccc2nc(CNC(=O)C3CCNCC3)n(C)c12.Cl. The average Bonchev–Trinajstić information content (AvgIpc) is 2.83. The number of aryl methyl sites for hydroxylation is 2. The number of rotatable bonds is 3. The normalized spacial score (nSPS) is 15.5. The Hall–Kier alpha value is -1.59. The number of benzene rings is 1. The van der Waals surface area contributed by atoms with Gasteiger partial charge in [0.1, 0.15) is 5.82 Å². The fourth-order valence-electron chi connectivity index (χ4n) is 3.07. The molecule has 2 aromatic rings. The molecule has 2 N–H and O–H groups in total. The molecule has 0 atom stereocenters. The molecule has 0 saturated carbocycles. The van der Waals surface area contributed by atoms with Gasteiger partial charge in [-0.1, -0.05) is 12.1 Å². The van der Waals surface area contributed by atoms with Crippen molar-refractivity contribution in [3.63, 3.8) is 0 Å². The summed E-state index contributed by atoms with van der Waals surface area (Å²) in [5.74, 6) is 1.20. The lowest BCUT2D eigenvalue weighted by molar-refractivity contribution is -0.125. The Morgan fingerprint density at radius 3 is 2.82 bits per heavy atom. The van der Waals surface area contributed by atoms with Gasteiger partial charge in [0.05, 0.1) is 17.6 Å². The smallest absolute Gasteiger partial charge is 0.223 e. The molecule has 120 valence electrons. The number of aromatic nitrogens is 2. The van der Waals surface area contributed by atoms with E-state index in [0.717, 1.165) is 42.8 Å². The number of imidazole rings is 1. The van der Waals surface area contributed by atoms with Gasteiger partial charge in [0.2, 0.25) is 5.91 Å². The topological polar surface area (TPSA) is 59.0 Å². The maximum Gasteiger partial charge on any atom is 0.223 e. The predicted molar refractivity (Wildman–Crippen MR) is 90.1 cm³/mol. The summed E-state index contributed by atoms with van der Waals surface area (Å²) in [7, 11) is 2.01.